The Morgan fingerprint density at radius 2 is 2.20 bits per heavy atom. The van der Waals surface area contributed by atoms with Crippen LogP contribution in [0.4, 0.5) is 4.79 Å². The van der Waals surface area contributed by atoms with Gasteiger partial charge in [-0.1, -0.05) is 29.4 Å². The molecule has 0 radical (unpaired) electrons. The number of carboxylic acid groups (broad SMARTS) is 1. The minimum absolute atomic E-state index is 0.164. The number of oxime groups is 1. The van der Waals surface area contributed by atoms with Gasteiger partial charge in [0.1, 0.15) is 12.4 Å². The zero-order valence-electron chi connectivity index (χ0n) is 13.8. The Morgan fingerprint density at radius 1 is 1.36 bits per heavy atom. The summed E-state index contributed by atoms with van der Waals surface area (Å²) in [6, 6.07) is 11.7. The van der Waals surface area contributed by atoms with Gasteiger partial charge in [-0.2, -0.15) is 0 Å². The number of aromatic nitrogens is 1. The number of hydrogen-bond donors (Lipinski definition) is 2. The summed E-state index contributed by atoms with van der Waals surface area (Å²) >= 11 is 0. The highest BCUT2D eigenvalue weighted by atomic mass is 16.7. The Balaban J connectivity index is 1.60. The maximum Gasteiger partial charge on any atom is 0.404 e. The van der Waals surface area contributed by atoms with Gasteiger partial charge in [-0.05, 0) is 19.1 Å². The molecule has 1 aromatic heterocycles. The van der Waals surface area contributed by atoms with Gasteiger partial charge in [0.25, 0.3) is 0 Å². The first-order valence-corrected chi connectivity index (χ1v) is 7.95. The summed E-state index contributed by atoms with van der Waals surface area (Å²) in [6.07, 6.45) is 1.05. The normalized spacial score (nSPS) is 16.0. The molecule has 2 N–H and O–H groups in total. The smallest absolute Gasteiger partial charge is 0.404 e. The monoisotopic (exact) mass is 341 g/mol. The van der Waals surface area contributed by atoms with E-state index in [1.807, 2.05) is 49.5 Å². The van der Waals surface area contributed by atoms with Gasteiger partial charge in [-0.3, -0.25) is 4.98 Å². The largest absolute Gasteiger partial charge is 0.489 e. The Morgan fingerprint density at radius 3 is 2.96 bits per heavy atom. The number of carbonyl (C=O) groups is 1. The molecule has 0 saturated carbocycles. The van der Waals surface area contributed by atoms with Crippen molar-refractivity contribution in [2.45, 2.75) is 19.4 Å². The molecule has 2 heterocycles. The highest BCUT2D eigenvalue weighted by Crippen LogP contribution is 2.29. The van der Waals surface area contributed by atoms with Crippen LogP contribution in [-0.4, -0.2) is 41.2 Å². The van der Waals surface area contributed by atoms with Crippen molar-refractivity contribution >= 4 is 11.8 Å². The standard InChI is InChI=1S/C18H19N3O4/c1-12-6-7-13(9-19-12)16-4-2-3-5-17(16)24-11-15-8-14(21-25-15)10-20-18(22)23/h2-7,9,15,20H,8,10-11H2,1H3,(H,22,23). The van der Waals surface area contributed by atoms with E-state index < -0.39 is 6.09 Å². The number of benzene rings is 1. The van der Waals surface area contributed by atoms with Gasteiger partial charge in [-0.25, -0.2) is 4.79 Å². The zero-order valence-corrected chi connectivity index (χ0v) is 13.8. The summed E-state index contributed by atoms with van der Waals surface area (Å²) in [5, 5.41) is 14.8. The van der Waals surface area contributed by atoms with E-state index in [1.54, 1.807) is 0 Å². The van der Waals surface area contributed by atoms with Crippen LogP contribution in [0.25, 0.3) is 11.1 Å². The highest BCUT2D eigenvalue weighted by molar-refractivity contribution is 5.89. The Hall–Kier alpha value is -3.09. The van der Waals surface area contributed by atoms with E-state index in [0.717, 1.165) is 22.6 Å². The lowest BCUT2D eigenvalue weighted by atomic mass is 10.1. The Labute approximate surface area is 145 Å². The van der Waals surface area contributed by atoms with Crippen LogP contribution >= 0.6 is 0 Å². The van der Waals surface area contributed by atoms with Crippen LogP contribution in [0.5, 0.6) is 5.75 Å². The van der Waals surface area contributed by atoms with Crippen LogP contribution in [0.2, 0.25) is 0 Å². The van der Waals surface area contributed by atoms with Crippen molar-refractivity contribution < 1.29 is 19.5 Å². The van der Waals surface area contributed by atoms with Crippen molar-refractivity contribution in [3.8, 4) is 16.9 Å². The maximum atomic E-state index is 10.5. The molecule has 1 amide bonds. The summed E-state index contributed by atoms with van der Waals surface area (Å²) < 4.78 is 5.92. The molecule has 7 nitrogen and oxygen atoms in total. The highest BCUT2D eigenvalue weighted by Gasteiger charge is 2.22. The zero-order chi connectivity index (χ0) is 17.6. The van der Waals surface area contributed by atoms with E-state index >= 15 is 0 Å². The molecule has 0 bridgehead atoms. The number of nitrogens with one attached hydrogen (secondary N) is 1. The Kier molecular flexibility index (Phi) is 5.13. The molecular formula is C18H19N3O4. The molecular weight excluding hydrogens is 322 g/mol. The topological polar surface area (TPSA) is 93.0 Å². The summed E-state index contributed by atoms with van der Waals surface area (Å²) in [5.41, 5.74) is 3.56. The van der Waals surface area contributed by atoms with Crippen LogP contribution in [0.3, 0.4) is 0 Å². The Bertz CT molecular complexity index is 774. The summed E-state index contributed by atoms with van der Waals surface area (Å²) in [7, 11) is 0. The molecule has 1 aliphatic rings. The minimum Gasteiger partial charge on any atom is -0.489 e. The molecule has 0 aliphatic carbocycles. The third-order valence-corrected chi connectivity index (χ3v) is 3.77. The predicted octanol–water partition coefficient (Wildman–Crippen LogP) is 2.85. The first-order valence-electron chi connectivity index (χ1n) is 7.95. The van der Waals surface area contributed by atoms with E-state index in [-0.39, 0.29) is 12.6 Å². The van der Waals surface area contributed by atoms with Crippen LogP contribution in [0, 0.1) is 6.92 Å². The molecule has 130 valence electrons. The lowest BCUT2D eigenvalue weighted by Gasteiger charge is -2.14. The predicted molar refractivity (Wildman–Crippen MR) is 92.9 cm³/mol. The fraction of sp³-hybridized carbons (Fsp3) is 0.278. The van der Waals surface area contributed by atoms with Gasteiger partial charge in [0.05, 0.1) is 12.3 Å². The van der Waals surface area contributed by atoms with Crippen LogP contribution in [0.1, 0.15) is 12.1 Å². The third-order valence-electron chi connectivity index (χ3n) is 3.77. The first-order chi connectivity index (χ1) is 12.1. The number of nitrogens with zero attached hydrogens (tertiary/aromatic N) is 2. The summed E-state index contributed by atoms with van der Waals surface area (Å²) in [4.78, 5) is 20.1. The second kappa shape index (κ2) is 7.65. The first kappa shape index (κ1) is 16.8. The molecule has 2 aromatic rings. The average molecular weight is 341 g/mol. The molecule has 0 saturated heterocycles. The summed E-state index contributed by atoms with van der Waals surface area (Å²) in [6.45, 7) is 2.44. The fourth-order valence-corrected chi connectivity index (χ4v) is 2.50. The van der Waals surface area contributed by atoms with Crippen molar-refractivity contribution in [2.24, 2.45) is 5.16 Å². The van der Waals surface area contributed by atoms with Crippen molar-refractivity contribution in [3.63, 3.8) is 0 Å². The second-order valence-electron chi connectivity index (χ2n) is 5.74. The van der Waals surface area contributed by atoms with E-state index in [4.69, 9.17) is 14.7 Å². The van der Waals surface area contributed by atoms with Crippen molar-refractivity contribution in [1.82, 2.24) is 10.3 Å². The van der Waals surface area contributed by atoms with Crippen LogP contribution < -0.4 is 10.1 Å². The summed E-state index contributed by atoms with van der Waals surface area (Å²) in [5.74, 6) is 0.744. The van der Waals surface area contributed by atoms with Crippen molar-refractivity contribution in [2.75, 3.05) is 13.2 Å². The third kappa shape index (κ3) is 4.47. The van der Waals surface area contributed by atoms with Gasteiger partial charge in [0.15, 0.2) is 6.10 Å². The molecule has 1 unspecified atom stereocenters. The van der Waals surface area contributed by atoms with E-state index in [9.17, 15) is 4.79 Å². The molecule has 1 atom stereocenters. The molecule has 25 heavy (non-hydrogen) atoms. The van der Waals surface area contributed by atoms with E-state index in [0.29, 0.717) is 18.7 Å². The van der Waals surface area contributed by atoms with Gasteiger partial charge < -0.3 is 20.0 Å². The number of pyridine rings is 1. The van der Waals surface area contributed by atoms with Crippen LogP contribution in [-0.2, 0) is 4.84 Å². The lowest BCUT2D eigenvalue weighted by Crippen LogP contribution is -2.28. The van der Waals surface area contributed by atoms with Gasteiger partial charge in [0.2, 0.25) is 0 Å². The maximum absolute atomic E-state index is 10.5. The lowest BCUT2D eigenvalue weighted by molar-refractivity contribution is 0.0472. The van der Waals surface area contributed by atoms with Gasteiger partial charge >= 0.3 is 6.09 Å². The number of hydrogen-bond acceptors (Lipinski definition) is 5. The number of ether oxygens (including phenoxy) is 1. The van der Waals surface area contributed by atoms with E-state index in [2.05, 4.69) is 15.5 Å². The molecule has 0 fully saturated rings. The van der Waals surface area contributed by atoms with E-state index in [1.165, 1.54) is 0 Å². The fourth-order valence-electron chi connectivity index (χ4n) is 2.50. The number of para-hydroxylation sites is 1. The SMILES string of the molecule is Cc1ccc(-c2ccccc2OCC2CC(CNC(=O)O)=NO2)cn1. The molecule has 3 rings (SSSR count). The molecule has 1 aliphatic heterocycles. The minimum atomic E-state index is -1.08. The van der Waals surface area contributed by atoms with Crippen molar-refractivity contribution in [3.05, 3.63) is 48.3 Å². The second-order valence-corrected chi connectivity index (χ2v) is 5.74. The van der Waals surface area contributed by atoms with Gasteiger partial charge in [-0.15, -0.1) is 0 Å². The van der Waals surface area contributed by atoms with Crippen molar-refractivity contribution in [1.29, 1.82) is 0 Å². The molecule has 7 heteroatoms. The number of amides is 1. The number of rotatable bonds is 6. The van der Waals surface area contributed by atoms with Gasteiger partial charge in [0, 0.05) is 29.4 Å². The molecule has 0 spiro atoms. The molecule has 1 aromatic carbocycles. The average Bonchev–Trinajstić information content (AvgIpc) is 3.07. The quantitative estimate of drug-likeness (QED) is 0.843. The van der Waals surface area contributed by atoms with Crippen LogP contribution in [0.15, 0.2) is 47.8 Å². The number of aryl methyl sites for hydroxylation is 1.